The van der Waals surface area contributed by atoms with Crippen molar-refractivity contribution >= 4 is 33.4 Å². The van der Waals surface area contributed by atoms with Gasteiger partial charge in [-0.2, -0.15) is 5.10 Å². The quantitative estimate of drug-likeness (QED) is 0.706. The Labute approximate surface area is 157 Å². The number of carbonyl (C=O) groups is 2. The molecule has 8 heteroatoms. The van der Waals surface area contributed by atoms with Crippen LogP contribution < -0.4 is 5.73 Å². The van der Waals surface area contributed by atoms with Gasteiger partial charge in [-0.3, -0.25) is 9.59 Å². The van der Waals surface area contributed by atoms with Gasteiger partial charge in [0.1, 0.15) is 0 Å². The van der Waals surface area contributed by atoms with Gasteiger partial charge in [0.15, 0.2) is 11.3 Å². The van der Waals surface area contributed by atoms with Crippen molar-refractivity contribution in [2.45, 2.75) is 19.4 Å². The van der Waals surface area contributed by atoms with Gasteiger partial charge >= 0.3 is 0 Å². The Balaban J connectivity index is 1.59. The lowest BCUT2D eigenvalue weighted by Gasteiger charge is -2.29. The lowest BCUT2D eigenvalue weighted by atomic mass is 9.92. The Morgan fingerprint density at radius 3 is 2.96 bits per heavy atom. The predicted octanol–water partition coefficient (Wildman–Crippen LogP) is 1.72. The summed E-state index contributed by atoms with van der Waals surface area (Å²) in [5.74, 6) is -0.474. The molecular weight excluding hydrogens is 398 g/mol. The maximum atomic E-state index is 12.9. The number of primary amides is 1. The van der Waals surface area contributed by atoms with Crippen molar-refractivity contribution in [3.63, 3.8) is 0 Å². The Morgan fingerprint density at radius 2 is 2.15 bits per heavy atom. The van der Waals surface area contributed by atoms with E-state index < -0.39 is 0 Å². The van der Waals surface area contributed by atoms with Crippen molar-refractivity contribution in [3.8, 4) is 0 Å². The van der Waals surface area contributed by atoms with Gasteiger partial charge in [0.05, 0.1) is 10.9 Å². The van der Waals surface area contributed by atoms with Crippen LogP contribution in [0, 0.1) is 0 Å². The molecule has 0 unspecified atom stereocenters. The van der Waals surface area contributed by atoms with E-state index in [0.717, 1.165) is 21.2 Å². The summed E-state index contributed by atoms with van der Waals surface area (Å²) < 4.78 is 2.38. The van der Waals surface area contributed by atoms with Crippen LogP contribution in [0.4, 0.5) is 0 Å². The molecule has 0 spiro atoms. The summed E-state index contributed by atoms with van der Waals surface area (Å²) in [5, 5.41) is 4.33. The molecule has 0 atom stereocenters. The maximum Gasteiger partial charge on any atom is 0.274 e. The van der Waals surface area contributed by atoms with Crippen molar-refractivity contribution in [2.75, 3.05) is 6.54 Å². The summed E-state index contributed by atoms with van der Waals surface area (Å²) in [5.41, 5.74) is 9.44. The van der Waals surface area contributed by atoms with Gasteiger partial charge in [0.2, 0.25) is 5.91 Å². The molecule has 4 rings (SSSR count). The third-order valence-electron chi connectivity index (χ3n) is 4.52. The molecular formula is C18H16BrN5O2. The number of hydrogen-bond donors (Lipinski definition) is 1. The second-order valence-corrected chi connectivity index (χ2v) is 7.19. The summed E-state index contributed by atoms with van der Waals surface area (Å²) in [4.78, 5) is 30.1. The summed E-state index contributed by atoms with van der Waals surface area (Å²) in [6, 6.07) is 7.50. The average Bonchev–Trinajstić information content (AvgIpc) is 3.03. The van der Waals surface area contributed by atoms with E-state index in [0.29, 0.717) is 30.9 Å². The largest absolute Gasteiger partial charge is 0.369 e. The number of carbonyl (C=O) groups excluding carboxylic acids is 2. The standard InChI is InChI=1S/C18H16BrN5O2/c19-13-8-21-17-7-15(22-24(17)10-13)18(26)23-5-4-14-11(6-16(20)25)2-1-3-12(14)9-23/h1-3,7-8,10H,4-6,9H2,(H2,20,25). The molecule has 0 bridgehead atoms. The highest BCUT2D eigenvalue weighted by molar-refractivity contribution is 9.10. The lowest BCUT2D eigenvalue weighted by molar-refractivity contribution is -0.117. The van der Waals surface area contributed by atoms with E-state index in [-0.39, 0.29) is 18.2 Å². The fourth-order valence-corrected chi connectivity index (χ4v) is 3.63. The van der Waals surface area contributed by atoms with Crippen LogP contribution in [0.1, 0.15) is 27.2 Å². The van der Waals surface area contributed by atoms with Crippen LogP contribution in [0.5, 0.6) is 0 Å². The van der Waals surface area contributed by atoms with Gasteiger partial charge in [-0.25, -0.2) is 9.50 Å². The van der Waals surface area contributed by atoms with Crippen LogP contribution in [0.15, 0.2) is 41.1 Å². The minimum Gasteiger partial charge on any atom is -0.369 e. The molecule has 0 aliphatic carbocycles. The minimum atomic E-state index is -0.347. The van der Waals surface area contributed by atoms with E-state index in [1.165, 1.54) is 0 Å². The smallest absolute Gasteiger partial charge is 0.274 e. The zero-order chi connectivity index (χ0) is 18.3. The third-order valence-corrected chi connectivity index (χ3v) is 4.93. The first-order chi connectivity index (χ1) is 12.5. The SMILES string of the molecule is NC(=O)Cc1cccc2c1CCN(C(=O)c1cc3ncc(Br)cn3n1)C2. The fraction of sp³-hybridized carbons (Fsp3) is 0.222. The number of benzene rings is 1. The Bertz CT molecular complexity index is 1030. The molecule has 1 aromatic carbocycles. The first-order valence-corrected chi connectivity index (χ1v) is 8.99. The normalized spacial score (nSPS) is 13.7. The maximum absolute atomic E-state index is 12.9. The van der Waals surface area contributed by atoms with Crippen LogP contribution in [-0.4, -0.2) is 37.9 Å². The van der Waals surface area contributed by atoms with Crippen molar-refractivity contribution < 1.29 is 9.59 Å². The number of nitrogens with zero attached hydrogens (tertiary/aromatic N) is 4. The second-order valence-electron chi connectivity index (χ2n) is 6.28. The molecule has 0 fully saturated rings. The summed E-state index contributed by atoms with van der Waals surface area (Å²) >= 11 is 3.35. The number of amides is 2. The van der Waals surface area contributed by atoms with E-state index in [1.54, 1.807) is 27.9 Å². The molecule has 3 heterocycles. The molecule has 7 nitrogen and oxygen atoms in total. The number of rotatable bonds is 3. The van der Waals surface area contributed by atoms with Gasteiger partial charge in [-0.1, -0.05) is 18.2 Å². The number of halogens is 1. The molecule has 3 aromatic rings. The Morgan fingerprint density at radius 1 is 1.31 bits per heavy atom. The van der Waals surface area contributed by atoms with E-state index in [9.17, 15) is 9.59 Å². The van der Waals surface area contributed by atoms with Crippen molar-refractivity contribution in [3.05, 3.63) is 63.5 Å². The molecule has 0 saturated heterocycles. The molecule has 1 aliphatic heterocycles. The zero-order valence-electron chi connectivity index (χ0n) is 13.9. The van der Waals surface area contributed by atoms with E-state index >= 15 is 0 Å². The third kappa shape index (κ3) is 3.08. The van der Waals surface area contributed by atoms with Crippen LogP contribution in [-0.2, 0) is 24.2 Å². The van der Waals surface area contributed by atoms with Crippen LogP contribution in [0.2, 0.25) is 0 Å². The molecule has 2 amide bonds. The predicted molar refractivity (Wildman–Crippen MR) is 98.5 cm³/mol. The fourth-order valence-electron chi connectivity index (χ4n) is 3.34. The Kier molecular flexibility index (Phi) is 4.20. The van der Waals surface area contributed by atoms with Gasteiger partial charge in [0, 0.05) is 31.5 Å². The number of aromatic nitrogens is 3. The molecule has 132 valence electrons. The molecule has 2 N–H and O–H groups in total. The van der Waals surface area contributed by atoms with Gasteiger partial charge in [-0.15, -0.1) is 0 Å². The molecule has 1 aliphatic rings. The summed E-state index contributed by atoms with van der Waals surface area (Å²) in [7, 11) is 0. The molecule has 26 heavy (non-hydrogen) atoms. The minimum absolute atomic E-state index is 0.127. The second kappa shape index (κ2) is 6.53. The summed E-state index contributed by atoms with van der Waals surface area (Å²) in [6.45, 7) is 1.07. The van der Waals surface area contributed by atoms with E-state index in [2.05, 4.69) is 26.0 Å². The Hall–Kier alpha value is -2.74. The first kappa shape index (κ1) is 16.7. The van der Waals surface area contributed by atoms with Gasteiger partial charge < -0.3 is 10.6 Å². The molecule has 0 radical (unpaired) electrons. The van der Waals surface area contributed by atoms with Crippen molar-refractivity contribution in [1.82, 2.24) is 19.5 Å². The zero-order valence-corrected chi connectivity index (χ0v) is 15.4. The first-order valence-electron chi connectivity index (χ1n) is 8.19. The molecule has 0 saturated carbocycles. The van der Waals surface area contributed by atoms with Crippen LogP contribution >= 0.6 is 15.9 Å². The lowest BCUT2D eigenvalue weighted by Crippen LogP contribution is -2.36. The van der Waals surface area contributed by atoms with Crippen molar-refractivity contribution in [2.24, 2.45) is 5.73 Å². The number of nitrogens with two attached hydrogens (primary N) is 1. The highest BCUT2D eigenvalue weighted by atomic mass is 79.9. The van der Waals surface area contributed by atoms with Gasteiger partial charge in [-0.05, 0) is 39.0 Å². The van der Waals surface area contributed by atoms with Crippen LogP contribution in [0.3, 0.4) is 0 Å². The monoisotopic (exact) mass is 413 g/mol. The highest BCUT2D eigenvalue weighted by Crippen LogP contribution is 2.24. The number of hydrogen-bond acceptors (Lipinski definition) is 4. The summed E-state index contributed by atoms with van der Waals surface area (Å²) in [6.07, 6.45) is 4.36. The average molecular weight is 414 g/mol. The van der Waals surface area contributed by atoms with E-state index in [4.69, 9.17) is 5.73 Å². The topological polar surface area (TPSA) is 93.6 Å². The highest BCUT2D eigenvalue weighted by Gasteiger charge is 2.25. The van der Waals surface area contributed by atoms with Crippen molar-refractivity contribution in [1.29, 1.82) is 0 Å². The molecule has 2 aromatic heterocycles. The number of fused-ring (bicyclic) bond motifs is 2. The van der Waals surface area contributed by atoms with E-state index in [1.807, 2.05) is 18.2 Å². The van der Waals surface area contributed by atoms with Crippen LogP contribution in [0.25, 0.3) is 5.65 Å². The van der Waals surface area contributed by atoms with Gasteiger partial charge in [0.25, 0.3) is 5.91 Å².